The fraction of sp³-hybridized carbons (Fsp3) is 0.593. The van der Waals surface area contributed by atoms with Crippen molar-refractivity contribution in [3.05, 3.63) is 35.5 Å². The van der Waals surface area contributed by atoms with Crippen molar-refractivity contribution in [2.45, 2.75) is 58.9 Å². The fourth-order valence-electron chi connectivity index (χ4n) is 6.25. The van der Waals surface area contributed by atoms with Gasteiger partial charge in [0.1, 0.15) is 5.41 Å². The van der Waals surface area contributed by atoms with Gasteiger partial charge in [0.05, 0.1) is 13.7 Å². The molecule has 0 aromatic heterocycles. The number of amides is 2. The first-order chi connectivity index (χ1) is 16.7. The Bertz CT molecular complexity index is 1070. The predicted molar refractivity (Wildman–Crippen MR) is 127 cm³/mol. The molecule has 2 saturated heterocycles. The summed E-state index contributed by atoms with van der Waals surface area (Å²) in [5.74, 6) is 0.286. The molecule has 1 aromatic rings. The maximum absolute atomic E-state index is 13.9. The molecular weight excluding hydrogens is 448 g/mol. The van der Waals surface area contributed by atoms with E-state index in [1.54, 1.807) is 4.90 Å². The number of carbonyl (C=O) groups is 3. The summed E-state index contributed by atoms with van der Waals surface area (Å²) in [7, 11) is 1.40. The number of likely N-dealkylation sites (tertiary alicyclic amines) is 2. The topological polar surface area (TPSA) is 85.4 Å². The number of carbonyl (C=O) groups excluding carboxylic acids is 3. The third-order valence-corrected chi connectivity index (χ3v) is 7.85. The van der Waals surface area contributed by atoms with E-state index in [0.29, 0.717) is 30.0 Å². The van der Waals surface area contributed by atoms with Crippen LogP contribution in [0.2, 0.25) is 0 Å². The van der Waals surface area contributed by atoms with Gasteiger partial charge >= 0.3 is 5.97 Å². The highest BCUT2D eigenvalue weighted by Crippen LogP contribution is 2.55. The summed E-state index contributed by atoms with van der Waals surface area (Å²) in [4.78, 5) is 44.0. The van der Waals surface area contributed by atoms with Crippen molar-refractivity contribution in [3.63, 3.8) is 0 Å². The predicted octanol–water partition coefficient (Wildman–Crippen LogP) is 3.64. The molecule has 35 heavy (non-hydrogen) atoms. The molecule has 0 spiro atoms. The van der Waals surface area contributed by atoms with Crippen molar-refractivity contribution in [1.29, 1.82) is 0 Å². The van der Waals surface area contributed by atoms with Gasteiger partial charge < -0.3 is 24.0 Å². The Morgan fingerprint density at radius 1 is 1.14 bits per heavy atom. The Morgan fingerprint density at radius 3 is 2.63 bits per heavy atom. The Hall–Kier alpha value is -3.03. The number of benzene rings is 1. The number of rotatable bonds is 5. The number of ether oxygens (including phenoxy) is 3. The molecule has 2 amide bonds. The zero-order valence-corrected chi connectivity index (χ0v) is 20.8. The van der Waals surface area contributed by atoms with Gasteiger partial charge in [-0.05, 0) is 55.2 Å². The van der Waals surface area contributed by atoms with Crippen LogP contribution in [0.1, 0.15) is 57.9 Å². The van der Waals surface area contributed by atoms with Gasteiger partial charge in [-0.15, -0.1) is 0 Å². The van der Waals surface area contributed by atoms with Crippen LogP contribution >= 0.6 is 0 Å². The molecule has 0 unspecified atom stereocenters. The van der Waals surface area contributed by atoms with E-state index in [0.717, 1.165) is 37.9 Å². The third kappa shape index (κ3) is 4.28. The molecule has 0 radical (unpaired) electrons. The lowest BCUT2D eigenvalue weighted by molar-refractivity contribution is -0.163. The monoisotopic (exact) mass is 482 g/mol. The minimum atomic E-state index is -0.962. The van der Waals surface area contributed by atoms with Gasteiger partial charge in [-0.2, -0.15) is 0 Å². The van der Waals surface area contributed by atoms with Gasteiger partial charge in [0.25, 0.3) is 0 Å². The van der Waals surface area contributed by atoms with Crippen LogP contribution in [0, 0.1) is 16.7 Å². The average molecular weight is 483 g/mol. The smallest absolute Gasteiger partial charge is 0.317 e. The summed E-state index contributed by atoms with van der Waals surface area (Å²) in [5.41, 5.74) is 0.484. The van der Waals surface area contributed by atoms with E-state index >= 15 is 0 Å². The van der Waals surface area contributed by atoms with Gasteiger partial charge in [-0.1, -0.05) is 26.0 Å². The average Bonchev–Trinajstić information content (AvgIpc) is 3.52. The van der Waals surface area contributed by atoms with E-state index in [2.05, 4.69) is 13.8 Å². The van der Waals surface area contributed by atoms with E-state index in [-0.39, 0.29) is 43.0 Å². The molecular formula is C27H34N2O6. The number of esters is 1. The van der Waals surface area contributed by atoms with Crippen molar-refractivity contribution in [2.24, 2.45) is 16.7 Å². The Balaban J connectivity index is 1.52. The Labute approximate surface area is 206 Å². The second kappa shape index (κ2) is 8.88. The number of hydrogen-bond donors (Lipinski definition) is 0. The molecule has 2 atom stereocenters. The van der Waals surface area contributed by atoms with Crippen molar-refractivity contribution >= 4 is 17.8 Å². The minimum Gasteiger partial charge on any atom is -0.468 e. The minimum absolute atomic E-state index is 0.00797. The Morgan fingerprint density at radius 2 is 1.89 bits per heavy atom. The second-order valence-electron chi connectivity index (χ2n) is 11.0. The molecule has 4 aliphatic rings. The van der Waals surface area contributed by atoms with Crippen LogP contribution < -0.4 is 9.47 Å². The molecule has 1 aromatic carbocycles. The highest BCUT2D eigenvalue weighted by atomic mass is 16.7. The van der Waals surface area contributed by atoms with Crippen molar-refractivity contribution in [3.8, 4) is 11.5 Å². The van der Waals surface area contributed by atoms with E-state index < -0.39 is 11.3 Å². The molecule has 0 N–H and O–H groups in total. The summed E-state index contributed by atoms with van der Waals surface area (Å²) < 4.78 is 16.3. The molecule has 3 aliphatic heterocycles. The van der Waals surface area contributed by atoms with Gasteiger partial charge in [0.2, 0.25) is 18.6 Å². The summed E-state index contributed by atoms with van der Waals surface area (Å²) in [6, 6.07) is 5.63. The molecule has 3 heterocycles. The molecule has 0 bridgehead atoms. The molecule has 1 aliphatic carbocycles. The van der Waals surface area contributed by atoms with Gasteiger partial charge in [-0.25, -0.2) is 0 Å². The normalized spacial score (nSPS) is 26.9. The van der Waals surface area contributed by atoms with Crippen LogP contribution in [-0.4, -0.2) is 54.6 Å². The number of allylic oxidation sites excluding steroid dienone is 1. The number of hydrogen-bond acceptors (Lipinski definition) is 6. The van der Waals surface area contributed by atoms with Crippen LogP contribution in [0.25, 0.3) is 0 Å². The molecule has 8 heteroatoms. The quantitative estimate of drug-likeness (QED) is 0.596. The van der Waals surface area contributed by atoms with E-state index in [1.165, 1.54) is 7.11 Å². The maximum atomic E-state index is 13.9. The van der Waals surface area contributed by atoms with E-state index in [9.17, 15) is 14.4 Å². The molecule has 2 fully saturated rings. The van der Waals surface area contributed by atoms with Crippen LogP contribution in [0.5, 0.6) is 11.5 Å². The van der Waals surface area contributed by atoms with Gasteiger partial charge in [0.15, 0.2) is 11.5 Å². The van der Waals surface area contributed by atoms with Gasteiger partial charge in [-0.3, -0.25) is 14.4 Å². The first-order valence-electron chi connectivity index (χ1n) is 12.5. The molecule has 0 saturated carbocycles. The SMILES string of the molecule is COC(=O)[C@@]12C[C@@H](CC(=O)N3CCCC3)C(=O)N(Cc3ccc4c(c3)OCO4)C1=CCC(C)(C)C2. The standard InChI is InChI=1S/C27H34N2O6/c1-26(2)9-8-22-27(16-26,25(32)33-3)14-19(13-23(30)28-10-4-5-11-28)24(31)29(22)15-18-6-7-20-21(12-18)35-17-34-20/h6-8,12,19H,4-5,9-11,13-17H2,1-3H3/t19-,27-/m1/s1. The lowest BCUT2D eigenvalue weighted by Crippen LogP contribution is -2.55. The van der Waals surface area contributed by atoms with Crippen molar-refractivity contribution in [1.82, 2.24) is 9.80 Å². The first kappa shape index (κ1) is 23.7. The maximum Gasteiger partial charge on any atom is 0.317 e. The van der Waals surface area contributed by atoms with Crippen LogP contribution in [0.15, 0.2) is 30.0 Å². The van der Waals surface area contributed by atoms with E-state index in [4.69, 9.17) is 14.2 Å². The third-order valence-electron chi connectivity index (χ3n) is 7.85. The number of methoxy groups -OCH3 is 1. The summed E-state index contributed by atoms with van der Waals surface area (Å²) in [6.45, 7) is 6.20. The lowest BCUT2D eigenvalue weighted by Gasteiger charge is -2.51. The molecule has 8 nitrogen and oxygen atoms in total. The number of fused-ring (bicyclic) bond motifs is 2. The van der Waals surface area contributed by atoms with Gasteiger partial charge in [0, 0.05) is 31.1 Å². The second-order valence-corrected chi connectivity index (χ2v) is 11.0. The Kier molecular flexibility index (Phi) is 6.01. The summed E-state index contributed by atoms with van der Waals surface area (Å²) in [6.07, 6.45) is 5.75. The lowest BCUT2D eigenvalue weighted by atomic mass is 9.59. The molecule has 188 valence electrons. The fourth-order valence-corrected chi connectivity index (χ4v) is 6.25. The van der Waals surface area contributed by atoms with Crippen molar-refractivity contribution < 1.29 is 28.6 Å². The molecule has 5 rings (SSSR count). The largest absolute Gasteiger partial charge is 0.468 e. The first-order valence-corrected chi connectivity index (χ1v) is 12.5. The zero-order chi connectivity index (χ0) is 24.8. The van der Waals surface area contributed by atoms with E-state index in [1.807, 2.05) is 29.2 Å². The summed E-state index contributed by atoms with van der Waals surface area (Å²) >= 11 is 0. The highest BCUT2D eigenvalue weighted by molar-refractivity contribution is 5.92. The highest BCUT2D eigenvalue weighted by Gasteiger charge is 2.57. The number of nitrogens with zero attached hydrogens (tertiary/aromatic N) is 2. The van der Waals surface area contributed by atoms with Crippen LogP contribution in [0.4, 0.5) is 0 Å². The number of piperidine rings is 1. The van der Waals surface area contributed by atoms with Crippen molar-refractivity contribution in [2.75, 3.05) is 27.0 Å². The van der Waals surface area contributed by atoms with Crippen LogP contribution in [0.3, 0.4) is 0 Å². The zero-order valence-electron chi connectivity index (χ0n) is 20.8. The summed E-state index contributed by atoms with van der Waals surface area (Å²) in [5, 5.41) is 0. The van der Waals surface area contributed by atoms with Crippen LogP contribution in [-0.2, 0) is 25.7 Å².